The monoisotopic (exact) mass is 594 g/mol. The van der Waals surface area contributed by atoms with E-state index < -0.39 is 0 Å². The van der Waals surface area contributed by atoms with Crippen LogP contribution >= 0.6 is 0 Å². The van der Waals surface area contributed by atoms with Gasteiger partial charge < -0.3 is 31.3 Å². The summed E-state index contributed by atoms with van der Waals surface area (Å²) >= 11 is 0. The summed E-state index contributed by atoms with van der Waals surface area (Å²) in [6.45, 7) is 9.74. The molecule has 11 heteroatoms. The fourth-order valence-corrected chi connectivity index (χ4v) is 6.75. The van der Waals surface area contributed by atoms with Gasteiger partial charge in [-0.05, 0) is 82.9 Å². The highest BCUT2D eigenvalue weighted by molar-refractivity contribution is 6.18. The average Bonchev–Trinajstić information content (AvgIpc) is 3.35. The molecule has 2 aliphatic heterocycles. The third-order valence-electron chi connectivity index (χ3n) is 9.47. The Hall–Kier alpha value is -3.44. The molecular weight excluding hydrogens is 547 g/mol. The van der Waals surface area contributed by atoms with E-state index >= 15 is 0 Å². The van der Waals surface area contributed by atoms with Crippen molar-refractivity contribution in [3.05, 3.63) is 53.9 Å². The molecule has 234 valence electrons. The van der Waals surface area contributed by atoms with E-state index in [2.05, 4.69) is 29.2 Å². The number of amidine groups is 1. The van der Waals surface area contributed by atoms with Crippen molar-refractivity contribution in [1.29, 1.82) is 0 Å². The van der Waals surface area contributed by atoms with E-state index in [0.29, 0.717) is 34.9 Å². The van der Waals surface area contributed by atoms with Gasteiger partial charge in [-0.3, -0.25) is 9.69 Å². The van der Waals surface area contributed by atoms with Crippen LogP contribution in [-0.2, 0) is 4.79 Å². The highest BCUT2D eigenvalue weighted by Gasteiger charge is 2.37. The Labute approximate surface area is 254 Å². The second kappa shape index (κ2) is 13.9. The molecule has 43 heavy (non-hydrogen) atoms. The number of halogens is 1. The Morgan fingerprint density at radius 1 is 1.14 bits per heavy atom. The maximum Gasteiger partial charge on any atom is 0.225 e. The maximum atomic E-state index is 14.8. The number of benzene rings is 1. The third-order valence-corrected chi connectivity index (χ3v) is 9.47. The smallest absolute Gasteiger partial charge is 0.225 e. The van der Waals surface area contributed by atoms with Crippen molar-refractivity contribution in [2.24, 2.45) is 27.6 Å². The number of piperazine rings is 1. The summed E-state index contributed by atoms with van der Waals surface area (Å²) < 4.78 is 14.8. The molecule has 0 unspecified atom stereocenters. The fourth-order valence-electron chi connectivity index (χ4n) is 6.75. The molecule has 1 aromatic rings. The Balaban J connectivity index is 1.27. The van der Waals surface area contributed by atoms with E-state index in [1.54, 1.807) is 6.07 Å². The minimum absolute atomic E-state index is 0.0566. The summed E-state index contributed by atoms with van der Waals surface area (Å²) in [6, 6.07) is 5.19. The molecular formula is C32H47FN8O2. The first-order valence-electron chi connectivity index (χ1n) is 15.7. The van der Waals surface area contributed by atoms with Crippen LogP contribution in [0.1, 0.15) is 56.9 Å². The number of nitrogens with two attached hydrogens (primary N) is 1. The number of para-hydroxylation sites is 1. The Bertz CT molecular complexity index is 1240. The van der Waals surface area contributed by atoms with Crippen LogP contribution in [0.4, 0.5) is 10.1 Å². The van der Waals surface area contributed by atoms with E-state index in [0.717, 1.165) is 83.1 Å². The molecule has 2 aliphatic carbocycles. The van der Waals surface area contributed by atoms with E-state index in [1.807, 2.05) is 22.8 Å². The molecule has 1 saturated heterocycles. The maximum absolute atomic E-state index is 14.8. The number of carbonyl (C=O) groups excluding carboxylic acids is 1. The predicted octanol–water partition coefficient (Wildman–Crippen LogP) is 3.36. The van der Waals surface area contributed by atoms with Crippen LogP contribution in [0.25, 0.3) is 0 Å². The lowest BCUT2D eigenvalue weighted by molar-refractivity contribution is -0.138. The molecule has 5 N–H and O–H groups in total. The van der Waals surface area contributed by atoms with Gasteiger partial charge in [0.2, 0.25) is 11.9 Å². The highest BCUT2D eigenvalue weighted by Crippen LogP contribution is 2.33. The molecule has 1 amide bonds. The van der Waals surface area contributed by atoms with Crippen molar-refractivity contribution in [2.75, 3.05) is 45.2 Å². The highest BCUT2D eigenvalue weighted by atomic mass is 19.1. The summed E-state index contributed by atoms with van der Waals surface area (Å²) in [5, 5.41) is 16.4. The first-order chi connectivity index (χ1) is 20.8. The van der Waals surface area contributed by atoms with Crippen molar-refractivity contribution in [2.45, 2.75) is 70.4 Å². The molecule has 10 nitrogen and oxygen atoms in total. The van der Waals surface area contributed by atoms with Crippen LogP contribution in [0.2, 0.25) is 0 Å². The molecule has 0 bridgehead atoms. The molecule has 5 rings (SSSR count). The van der Waals surface area contributed by atoms with Crippen molar-refractivity contribution < 1.29 is 14.3 Å². The van der Waals surface area contributed by atoms with E-state index in [9.17, 15) is 14.3 Å². The zero-order chi connectivity index (χ0) is 30.5. The normalized spacial score (nSPS) is 28.7. The third kappa shape index (κ3) is 7.21. The Kier molecular flexibility index (Phi) is 10.0. The van der Waals surface area contributed by atoms with Crippen LogP contribution in [-0.4, -0.2) is 89.4 Å². The molecule has 0 atom stereocenters. The van der Waals surface area contributed by atoms with Gasteiger partial charge in [-0.15, -0.1) is 0 Å². The number of aryl methyl sites for hydroxylation is 1. The van der Waals surface area contributed by atoms with Gasteiger partial charge in [-0.1, -0.05) is 18.7 Å². The lowest BCUT2D eigenvalue weighted by Gasteiger charge is -2.37. The van der Waals surface area contributed by atoms with Crippen molar-refractivity contribution in [3.8, 4) is 0 Å². The van der Waals surface area contributed by atoms with Crippen LogP contribution in [0, 0.1) is 24.6 Å². The van der Waals surface area contributed by atoms with Crippen molar-refractivity contribution >= 4 is 23.4 Å². The minimum Gasteiger partial charge on any atom is -0.403 e. The quantitative estimate of drug-likeness (QED) is 0.382. The zero-order valence-electron chi connectivity index (χ0n) is 25.6. The number of likely N-dealkylation sites (N-methyl/N-ethyl adjacent to an activating group) is 1. The molecule has 1 aromatic carbocycles. The number of nitrogens with one attached hydrogen (secondary N) is 2. The van der Waals surface area contributed by atoms with Crippen LogP contribution in [0.5, 0.6) is 0 Å². The minimum atomic E-state index is -0.358. The van der Waals surface area contributed by atoms with Crippen molar-refractivity contribution in [1.82, 2.24) is 20.0 Å². The van der Waals surface area contributed by atoms with Gasteiger partial charge in [0.15, 0.2) is 5.84 Å². The summed E-state index contributed by atoms with van der Waals surface area (Å²) in [6.07, 6.45) is 8.31. The number of aliphatic hydroxyl groups is 1. The SMILES string of the molecule is C=C(/N=C1\C(=C/N)N=C(Nc2c(C)cccc2F)N1[C@H]1CC[C@@H](CO)CC1)N[C@H]1CC[C@H](C(=O)N2CCN(C)CC2)CC1. The van der Waals surface area contributed by atoms with E-state index in [1.165, 1.54) is 12.3 Å². The lowest BCUT2D eigenvalue weighted by atomic mass is 9.85. The molecule has 2 saturated carbocycles. The topological polar surface area (TPSA) is 122 Å². The Morgan fingerprint density at radius 3 is 2.47 bits per heavy atom. The van der Waals surface area contributed by atoms with Gasteiger partial charge in [-0.25, -0.2) is 14.4 Å². The molecule has 2 heterocycles. The summed E-state index contributed by atoms with van der Waals surface area (Å²) in [7, 11) is 2.10. The van der Waals surface area contributed by atoms with Crippen LogP contribution < -0.4 is 16.4 Å². The average molecular weight is 595 g/mol. The first kappa shape index (κ1) is 31.0. The number of hydrogen-bond donors (Lipinski definition) is 4. The number of nitrogens with zero attached hydrogens (tertiary/aromatic N) is 5. The van der Waals surface area contributed by atoms with E-state index in [-0.39, 0.29) is 36.3 Å². The number of carbonyl (C=O) groups is 1. The molecule has 0 spiro atoms. The fraction of sp³-hybridized carbons (Fsp3) is 0.594. The molecule has 0 aromatic heterocycles. The summed E-state index contributed by atoms with van der Waals surface area (Å²) in [4.78, 5) is 29.0. The van der Waals surface area contributed by atoms with Gasteiger partial charge in [0.25, 0.3) is 0 Å². The van der Waals surface area contributed by atoms with Gasteiger partial charge in [0.05, 0.1) is 5.69 Å². The molecule has 4 aliphatic rings. The van der Waals surface area contributed by atoms with Crippen LogP contribution in [0.15, 0.2) is 52.5 Å². The van der Waals surface area contributed by atoms with Gasteiger partial charge in [0, 0.05) is 57.0 Å². The second-order valence-electron chi connectivity index (χ2n) is 12.5. The zero-order valence-corrected chi connectivity index (χ0v) is 25.6. The molecule has 0 radical (unpaired) electrons. The molecule has 3 fully saturated rings. The van der Waals surface area contributed by atoms with Gasteiger partial charge in [-0.2, -0.15) is 0 Å². The first-order valence-corrected chi connectivity index (χ1v) is 15.7. The largest absolute Gasteiger partial charge is 0.403 e. The van der Waals surface area contributed by atoms with Crippen molar-refractivity contribution in [3.63, 3.8) is 0 Å². The summed E-state index contributed by atoms with van der Waals surface area (Å²) in [5.74, 6) is 1.86. The van der Waals surface area contributed by atoms with E-state index in [4.69, 9.17) is 15.7 Å². The van der Waals surface area contributed by atoms with Gasteiger partial charge in [0.1, 0.15) is 17.3 Å². The number of aliphatic hydroxyl groups excluding tert-OH is 1. The number of rotatable bonds is 7. The van der Waals surface area contributed by atoms with Gasteiger partial charge >= 0.3 is 0 Å². The second-order valence-corrected chi connectivity index (χ2v) is 12.5. The standard InChI is InChI=1S/C32H47FN8O2/c1-21-5-4-6-27(33)29(21)38-32-37-28(19-34)30(41(32)26-13-7-23(20-42)8-14-26)36-22(2)35-25-11-9-24(10-12-25)31(43)40-17-15-39(3)16-18-40/h4-6,19,23-26,35,42H,2,7-18,20,34H2,1,3H3,(H,37,38)/b28-19+,36-30+/t23-,24-,25-,26+. The summed E-state index contributed by atoms with van der Waals surface area (Å²) in [5.41, 5.74) is 7.67. The number of hydrogen-bond acceptors (Lipinski definition) is 8. The predicted molar refractivity (Wildman–Crippen MR) is 169 cm³/mol. The number of amides is 1. The number of guanidine groups is 1. The Morgan fingerprint density at radius 2 is 1.84 bits per heavy atom. The lowest BCUT2D eigenvalue weighted by Crippen LogP contribution is -2.49. The van der Waals surface area contributed by atoms with Crippen LogP contribution in [0.3, 0.4) is 0 Å². The number of anilines is 1. The number of aliphatic imine (C=N–C) groups is 2.